The Hall–Kier alpha value is -1.60. The van der Waals surface area contributed by atoms with Crippen molar-refractivity contribution < 1.29 is 30.7 Å². The third kappa shape index (κ3) is 3.02. The highest BCUT2D eigenvalue weighted by atomic mass is 79.9. The fraction of sp³-hybridized carbons (Fsp3) is 0.0714. The van der Waals surface area contributed by atoms with Gasteiger partial charge in [0.15, 0.2) is 23.3 Å². The summed E-state index contributed by atoms with van der Waals surface area (Å²) in [5, 5.41) is 8.85. The number of halogens is 9. The normalized spacial score (nSPS) is 11.5. The molecule has 0 fully saturated rings. The lowest BCUT2D eigenvalue weighted by Crippen LogP contribution is -2.10. The monoisotopic (exact) mass is 475 g/mol. The highest BCUT2D eigenvalue weighted by Gasteiger charge is 2.37. The van der Waals surface area contributed by atoms with Gasteiger partial charge < -0.3 is 0 Å². The number of hydrogen-bond donors (Lipinski definition) is 0. The number of nitriles is 1. The Bertz CT molecular complexity index is 885. The Balaban J connectivity index is 3.02. The molecule has 0 aliphatic carbocycles. The van der Waals surface area contributed by atoms with Crippen molar-refractivity contribution in [2.24, 2.45) is 0 Å². The molecule has 2 aromatic rings. The molecule has 24 heavy (non-hydrogen) atoms. The predicted octanol–water partition coefficient (Wildman–Crippen LogP) is 6.33. The van der Waals surface area contributed by atoms with Crippen molar-refractivity contribution in [3.8, 4) is 17.2 Å². The summed E-state index contributed by atoms with van der Waals surface area (Å²) in [5.74, 6) is -7.08. The summed E-state index contributed by atoms with van der Waals surface area (Å²) in [4.78, 5) is 0. The molecule has 0 bridgehead atoms. The molecule has 2 aromatic carbocycles. The van der Waals surface area contributed by atoms with Crippen molar-refractivity contribution in [3.05, 3.63) is 55.5 Å². The molecule has 0 N–H and O–H groups in total. The average molecular weight is 477 g/mol. The van der Waals surface area contributed by atoms with Crippen molar-refractivity contribution in [1.82, 2.24) is 0 Å². The van der Waals surface area contributed by atoms with Crippen LogP contribution in [0.2, 0.25) is 0 Å². The smallest absolute Gasteiger partial charge is 0.204 e. The zero-order valence-electron chi connectivity index (χ0n) is 11.0. The number of nitrogens with zero attached hydrogens (tertiary/aromatic N) is 1. The van der Waals surface area contributed by atoms with Crippen LogP contribution in [0.1, 0.15) is 11.1 Å². The lowest BCUT2D eigenvalue weighted by Gasteiger charge is -2.16. The number of rotatable bonds is 1. The molecule has 1 nitrogen and oxygen atoms in total. The SMILES string of the molecule is N#Cc1cc(F)c(F)c(-c2c(F)c(F)cc(C(F)(F)F)c2Br)c1Br. The second-order valence-electron chi connectivity index (χ2n) is 4.43. The molecule has 0 aliphatic heterocycles. The molecule has 0 spiro atoms. The summed E-state index contributed by atoms with van der Waals surface area (Å²) in [6, 6.07) is 1.82. The van der Waals surface area contributed by atoms with Gasteiger partial charge in [-0.3, -0.25) is 0 Å². The van der Waals surface area contributed by atoms with Crippen molar-refractivity contribution in [2.75, 3.05) is 0 Å². The number of benzene rings is 2. The van der Waals surface area contributed by atoms with Gasteiger partial charge in [0.2, 0.25) is 0 Å². The Labute approximate surface area is 147 Å². The maximum Gasteiger partial charge on any atom is 0.417 e. The third-order valence-corrected chi connectivity index (χ3v) is 4.64. The minimum Gasteiger partial charge on any atom is -0.204 e. The summed E-state index contributed by atoms with van der Waals surface area (Å²) in [6.07, 6.45) is -5.09. The first-order valence-corrected chi connectivity index (χ1v) is 7.42. The van der Waals surface area contributed by atoms with Crippen molar-refractivity contribution in [2.45, 2.75) is 6.18 Å². The van der Waals surface area contributed by atoms with Gasteiger partial charge in [-0.2, -0.15) is 18.4 Å². The molecule has 126 valence electrons. The molecule has 0 saturated heterocycles. The van der Waals surface area contributed by atoms with E-state index in [2.05, 4.69) is 31.9 Å². The molecule has 2 rings (SSSR count). The standard InChI is InChI=1S/C14H2Br2F7N/c15-10-4(3-24)1-6(17)12(19)8(10)9-11(16)5(14(21,22)23)2-7(18)13(9)20/h1-2H. The van der Waals surface area contributed by atoms with E-state index in [1.165, 1.54) is 6.07 Å². The Morgan fingerprint density at radius 3 is 1.75 bits per heavy atom. The van der Waals surface area contributed by atoms with Gasteiger partial charge in [0.25, 0.3) is 0 Å². The lowest BCUT2D eigenvalue weighted by molar-refractivity contribution is -0.138. The zero-order chi connectivity index (χ0) is 18.4. The van der Waals surface area contributed by atoms with E-state index in [4.69, 9.17) is 5.26 Å². The molecule has 0 amide bonds. The summed E-state index contributed by atoms with van der Waals surface area (Å²) in [6.45, 7) is 0. The van der Waals surface area contributed by atoms with E-state index in [0.717, 1.165) is 0 Å². The first kappa shape index (κ1) is 18.7. The first-order chi connectivity index (χ1) is 11.0. The van der Waals surface area contributed by atoms with E-state index in [9.17, 15) is 30.7 Å². The van der Waals surface area contributed by atoms with Crippen LogP contribution in [-0.4, -0.2) is 0 Å². The van der Waals surface area contributed by atoms with Crippen LogP contribution in [0.3, 0.4) is 0 Å². The Morgan fingerprint density at radius 1 is 0.833 bits per heavy atom. The van der Waals surface area contributed by atoms with Crippen molar-refractivity contribution in [1.29, 1.82) is 5.26 Å². The molecule has 10 heteroatoms. The van der Waals surface area contributed by atoms with Gasteiger partial charge in [-0.15, -0.1) is 0 Å². The Morgan fingerprint density at radius 2 is 1.29 bits per heavy atom. The second kappa shape index (κ2) is 6.37. The highest BCUT2D eigenvalue weighted by Crippen LogP contribution is 2.45. The molecule has 0 saturated carbocycles. The average Bonchev–Trinajstić information content (AvgIpc) is 2.48. The van der Waals surface area contributed by atoms with Crippen LogP contribution < -0.4 is 0 Å². The molecule has 0 atom stereocenters. The topological polar surface area (TPSA) is 23.8 Å². The summed E-state index contributed by atoms with van der Waals surface area (Å²) >= 11 is 5.17. The molecule has 0 aromatic heterocycles. The van der Waals surface area contributed by atoms with E-state index in [1.54, 1.807) is 0 Å². The van der Waals surface area contributed by atoms with Gasteiger partial charge in [-0.25, -0.2) is 17.6 Å². The summed E-state index contributed by atoms with van der Waals surface area (Å²) < 4.78 is 92.6. The maximum atomic E-state index is 14.1. The molecule has 0 heterocycles. The minimum absolute atomic E-state index is 0.112. The van der Waals surface area contributed by atoms with E-state index in [0.29, 0.717) is 6.07 Å². The quantitative estimate of drug-likeness (QED) is 0.349. The summed E-state index contributed by atoms with van der Waals surface area (Å²) in [5.41, 5.74) is -4.36. The van der Waals surface area contributed by atoms with Crippen LogP contribution in [-0.2, 0) is 6.18 Å². The van der Waals surface area contributed by atoms with Crippen LogP contribution in [0.5, 0.6) is 0 Å². The minimum atomic E-state index is -5.09. The number of hydrogen-bond acceptors (Lipinski definition) is 1. The molecule has 0 radical (unpaired) electrons. The highest BCUT2D eigenvalue weighted by molar-refractivity contribution is 9.11. The van der Waals surface area contributed by atoms with Crippen molar-refractivity contribution >= 4 is 31.9 Å². The van der Waals surface area contributed by atoms with E-state index < -0.39 is 60.6 Å². The fourth-order valence-electron chi connectivity index (χ4n) is 1.93. The van der Waals surface area contributed by atoms with Crippen molar-refractivity contribution in [3.63, 3.8) is 0 Å². The Kier molecular flexibility index (Phi) is 4.97. The van der Waals surface area contributed by atoms with E-state index in [-0.39, 0.29) is 6.07 Å². The van der Waals surface area contributed by atoms with Gasteiger partial charge >= 0.3 is 6.18 Å². The van der Waals surface area contributed by atoms with Gasteiger partial charge in [0.05, 0.1) is 11.1 Å². The predicted molar refractivity (Wildman–Crippen MR) is 76.8 cm³/mol. The first-order valence-electron chi connectivity index (χ1n) is 5.83. The molecule has 0 unspecified atom stereocenters. The van der Waals surface area contributed by atoms with Gasteiger partial charge in [0, 0.05) is 20.1 Å². The van der Waals surface area contributed by atoms with Crippen LogP contribution in [0.25, 0.3) is 11.1 Å². The van der Waals surface area contributed by atoms with Gasteiger partial charge in [0.1, 0.15) is 6.07 Å². The largest absolute Gasteiger partial charge is 0.417 e. The number of alkyl halides is 3. The van der Waals surface area contributed by atoms with Gasteiger partial charge in [-0.05, 0) is 44.0 Å². The van der Waals surface area contributed by atoms with E-state index >= 15 is 0 Å². The lowest BCUT2D eigenvalue weighted by atomic mass is 9.99. The second-order valence-corrected chi connectivity index (χ2v) is 6.01. The molecular formula is C14H2Br2F7N. The third-order valence-electron chi connectivity index (χ3n) is 2.99. The molecule has 0 aliphatic rings. The van der Waals surface area contributed by atoms with Crippen LogP contribution in [0, 0.1) is 34.6 Å². The maximum absolute atomic E-state index is 14.1. The van der Waals surface area contributed by atoms with E-state index in [1.807, 2.05) is 0 Å². The zero-order valence-corrected chi connectivity index (χ0v) is 14.2. The molecular weight excluding hydrogens is 475 g/mol. The van der Waals surface area contributed by atoms with Gasteiger partial charge in [-0.1, -0.05) is 0 Å². The van der Waals surface area contributed by atoms with Crippen LogP contribution >= 0.6 is 31.9 Å². The fourth-order valence-corrected chi connectivity index (χ4v) is 3.22. The van der Waals surface area contributed by atoms with Crippen LogP contribution in [0.4, 0.5) is 30.7 Å². The van der Waals surface area contributed by atoms with Crippen LogP contribution in [0.15, 0.2) is 21.1 Å². The summed E-state index contributed by atoms with van der Waals surface area (Å²) in [7, 11) is 0.